The summed E-state index contributed by atoms with van der Waals surface area (Å²) in [7, 11) is 0. The van der Waals surface area contributed by atoms with E-state index in [1.54, 1.807) is 24.0 Å². The van der Waals surface area contributed by atoms with E-state index in [2.05, 4.69) is 13.0 Å². The molecule has 0 radical (unpaired) electrons. The SMILES string of the molecule is CCCCCN(C(C)=O)c1cccc(C#N)c1. The van der Waals surface area contributed by atoms with Crippen LogP contribution in [0.1, 0.15) is 38.7 Å². The summed E-state index contributed by atoms with van der Waals surface area (Å²) in [6.45, 7) is 4.41. The van der Waals surface area contributed by atoms with Crippen LogP contribution in [-0.4, -0.2) is 12.5 Å². The number of carbonyl (C=O) groups is 1. The Morgan fingerprint density at radius 2 is 2.18 bits per heavy atom. The molecule has 1 rings (SSSR count). The van der Waals surface area contributed by atoms with Gasteiger partial charge in [-0.15, -0.1) is 0 Å². The molecule has 17 heavy (non-hydrogen) atoms. The molecule has 3 heteroatoms. The lowest BCUT2D eigenvalue weighted by Crippen LogP contribution is -2.29. The fourth-order valence-electron chi connectivity index (χ4n) is 1.73. The molecule has 0 spiro atoms. The van der Waals surface area contributed by atoms with E-state index in [1.165, 1.54) is 0 Å². The number of nitrogens with zero attached hydrogens (tertiary/aromatic N) is 2. The van der Waals surface area contributed by atoms with Crippen molar-refractivity contribution in [3.05, 3.63) is 29.8 Å². The van der Waals surface area contributed by atoms with Crippen molar-refractivity contribution in [3.8, 4) is 6.07 Å². The third kappa shape index (κ3) is 3.92. The van der Waals surface area contributed by atoms with E-state index in [1.807, 2.05) is 12.1 Å². The van der Waals surface area contributed by atoms with Gasteiger partial charge in [-0.3, -0.25) is 4.79 Å². The molecular weight excluding hydrogens is 212 g/mol. The maximum atomic E-state index is 11.6. The van der Waals surface area contributed by atoms with Crippen LogP contribution in [0.3, 0.4) is 0 Å². The normalized spacial score (nSPS) is 9.71. The van der Waals surface area contributed by atoms with Crippen LogP contribution in [0.15, 0.2) is 24.3 Å². The second kappa shape index (κ2) is 6.70. The van der Waals surface area contributed by atoms with E-state index < -0.39 is 0 Å². The number of carbonyl (C=O) groups excluding carboxylic acids is 1. The molecule has 0 bridgehead atoms. The highest BCUT2D eigenvalue weighted by molar-refractivity contribution is 5.91. The highest BCUT2D eigenvalue weighted by Crippen LogP contribution is 2.17. The molecule has 0 aliphatic rings. The first-order valence-electron chi connectivity index (χ1n) is 5.97. The molecule has 1 amide bonds. The van der Waals surface area contributed by atoms with Crippen molar-refractivity contribution in [2.45, 2.75) is 33.1 Å². The number of amides is 1. The molecule has 3 nitrogen and oxygen atoms in total. The van der Waals surface area contributed by atoms with Crippen LogP contribution >= 0.6 is 0 Å². The summed E-state index contributed by atoms with van der Waals surface area (Å²) in [4.78, 5) is 13.3. The minimum absolute atomic E-state index is 0.0243. The Morgan fingerprint density at radius 3 is 2.76 bits per heavy atom. The number of benzene rings is 1. The summed E-state index contributed by atoms with van der Waals surface area (Å²) in [5.41, 5.74) is 1.40. The Morgan fingerprint density at radius 1 is 1.41 bits per heavy atom. The standard InChI is InChI=1S/C14H18N2O/c1-3-4-5-9-16(12(2)17)14-8-6-7-13(10-14)11-15/h6-8,10H,3-5,9H2,1-2H3. The topological polar surface area (TPSA) is 44.1 Å². The highest BCUT2D eigenvalue weighted by Gasteiger charge is 2.10. The average molecular weight is 230 g/mol. The number of unbranched alkanes of at least 4 members (excludes halogenated alkanes) is 2. The van der Waals surface area contributed by atoms with Crippen molar-refractivity contribution in [1.82, 2.24) is 0 Å². The fraction of sp³-hybridized carbons (Fsp3) is 0.429. The van der Waals surface area contributed by atoms with Gasteiger partial charge < -0.3 is 4.90 Å². The Bertz CT molecular complexity index is 420. The van der Waals surface area contributed by atoms with Gasteiger partial charge in [0.25, 0.3) is 0 Å². The zero-order chi connectivity index (χ0) is 12.7. The molecule has 0 N–H and O–H groups in total. The summed E-state index contributed by atoms with van der Waals surface area (Å²) in [6, 6.07) is 9.27. The molecule has 0 atom stereocenters. The van der Waals surface area contributed by atoms with Crippen molar-refractivity contribution < 1.29 is 4.79 Å². The maximum absolute atomic E-state index is 11.6. The molecule has 0 fully saturated rings. The summed E-state index contributed by atoms with van der Waals surface area (Å²) < 4.78 is 0. The Balaban J connectivity index is 2.82. The summed E-state index contributed by atoms with van der Waals surface area (Å²) in [5.74, 6) is 0.0243. The van der Waals surface area contributed by atoms with Gasteiger partial charge in [0.15, 0.2) is 0 Å². The number of nitriles is 1. The molecule has 1 aromatic carbocycles. The van der Waals surface area contributed by atoms with Gasteiger partial charge in [-0.2, -0.15) is 5.26 Å². The van der Waals surface area contributed by atoms with Gasteiger partial charge in [-0.05, 0) is 24.6 Å². The summed E-state index contributed by atoms with van der Waals surface area (Å²) in [6.07, 6.45) is 3.23. The monoisotopic (exact) mass is 230 g/mol. The Hall–Kier alpha value is -1.82. The van der Waals surface area contributed by atoms with Gasteiger partial charge in [0, 0.05) is 19.2 Å². The smallest absolute Gasteiger partial charge is 0.223 e. The Kier molecular flexibility index (Phi) is 5.22. The molecule has 0 aliphatic heterocycles. The van der Waals surface area contributed by atoms with Crippen LogP contribution in [0.2, 0.25) is 0 Å². The van der Waals surface area contributed by atoms with Crippen LogP contribution in [-0.2, 0) is 4.79 Å². The molecule has 0 aromatic heterocycles. The van der Waals surface area contributed by atoms with E-state index in [9.17, 15) is 4.79 Å². The van der Waals surface area contributed by atoms with Crippen molar-refractivity contribution in [2.24, 2.45) is 0 Å². The van der Waals surface area contributed by atoms with E-state index in [4.69, 9.17) is 5.26 Å². The quantitative estimate of drug-likeness (QED) is 0.729. The van der Waals surface area contributed by atoms with Crippen LogP contribution in [0.5, 0.6) is 0 Å². The third-order valence-corrected chi connectivity index (χ3v) is 2.65. The number of hydrogen-bond donors (Lipinski definition) is 0. The predicted octanol–water partition coefficient (Wildman–Crippen LogP) is 3.10. The van der Waals surface area contributed by atoms with E-state index >= 15 is 0 Å². The van der Waals surface area contributed by atoms with Crippen LogP contribution in [0, 0.1) is 11.3 Å². The van der Waals surface area contributed by atoms with Gasteiger partial charge >= 0.3 is 0 Å². The summed E-state index contributed by atoms with van der Waals surface area (Å²) >= 11 is 0. The van der Waals surface area contributed by atoms with E-state index in [0.29, 0.717) is 5.56 Å². The van der Waals surface area contributed by atoms with Crippen molar-refractivity contribution in [3.63, 3.8) is 0 Å². The maximum Gasteiger partial charge on any atom is 0.223 e. The van der Waals surface area contributed by atoms with Gasteiger partial charge in [0.1, 0.15) is 0 Å². The van der Waals surface area contributed by atoms with Crippen molar-refractivity contribution >= 4 is 11.6 Å². The van der Waals surface area contributed by atoms with Gasteiger partial charge in [-0.25, -0.2) is 0 Å². The molecule has 0 saturated carbocycles. The number of hydrogen-bond acceptors (Lipinski definition) is 2. The lowest BCUT2D eigenvalue weighted by molar-refractivity contribution is -0.116. The van der Waals surface area contributed by atoms with Crippen molar-refractivity contribution in [1.29, 1.82) is 5.26 Å². The lowest BCUT2D eigenvalue weighted by Gasteiger charge is -2.21. The molecule has 0 heterocycles. The molecule has 0 aliphatic carbocycles. The summed E-state index contributed by atoms with van der Waals surface area (Å²) in [5, 5.41) is 8.84. The molecule has 90 valence electrons. The second-order valence-corrected chi connectivity index (χ2v) is 4.04. The van der Waals surface area contributed by atoms with Gasteiger partial charge in [0.2, 0.25) is 5.91 Å². The predicted molar refractivity (Wildman–Crippen MR) is 68.7 cm³/mol. The molecule has 1 aromatic rings. The first-order chi connectivity index (χ1) is 8.19. The largest absolute Gasteiger partial charge is 0.313 e. The zero-order valence-corrected chi connectivity index (χ0v) is 10.4. The number of anilines is 1. The van der Waals surface area contributed by atoms with Gasteiger partial charge in [-0.1, -0.05) is 25.8 Å². The number of rotatable bonds is 5. The lowest BCUT2D eigenvalue weighted by atomic mass is 10.2. The minimum Gasteiger partial charge on any atom is -0.313 e. The van der Waals surface area contributed by atoms with E-state index in [0.717, 1.165) is 31.5 Å². The van der Waals surface area contributed by atoms with Crippen LogP contribution in [0.4, 0.5) is 5.69 Å². The first kappa shape index (κ1) is 13.2. The van der Waals surface area contributed by atoms with Gasteiger partial charge in [0.05, 0.1) is 11.6 Å². The fourth-order valence-corrected chi connectivity index (χ4v) is 1.73. The Labute approximate surface area is 103 Å². The second-order valence-electron chi connectivity index (χ2n) is 4.04. The first-order valence-corrected chi connectivity index (χ1v) is 5.97. The highest BCUT2D eigenvalue weighted by atomic mass is 16.2. The van der Waals surface area contributed by atoms with Crippen LogP contribution in [0.25, 0.3) is 0 Å². The van der Waals surface area contributed by atoms with E-state index in [-0.39, 0.29) is 5.91 Å². The van der Waals surface area contributed by atoms with Crippen LogP contribution < -0.4 is 4.90 Å². The third-order valence-electron chi connectivity index (χ3n) is 2.65. The molecule has 0 saturated heterocycles. The molecule has 0 unspecified atom stereocenters. The average Bonchev–Trinajstić information content (AvgIpc) is 2.34. The van der Waals surface area contributed by atoms with Crippen molar-refractivity contribution in [2.75, 3.05) is 11.4 Å². The minimum atomic E-state index is 0.0243. The zero-order valence-electron chi connectivity index (χ0n) is 10.4. The molecular formula is C14H18N2O.